The summed E-state index contributed by atoms with van der Waals surface area (Å²) >= 11 is 6.08. The molecule has 0 spiro atoms. The van der Waals surface area contributed by atoms with Gasteiger partial charge in [0.15, 0.2) is 6.10 Å². The summed E-state index contributed by atoms with van der Waals surface area (Å²) in [5.74, 6) is 0.795. The third kappa shape index (κ3) is 5.16. The largest absolute Gasteiger partial charge is 0.497 e. The third-order valence-corrected chi connectivity index (χ3v) is 4.69. The van der Waals surface area contributed by atoms with Crippen LogP contribution < -0.4 is 10.1 Å². The van der Waals surface area contributed by atoms with Crippen LogP contribution in [-0.2, 0) is 11.4 Å². The van der Waals surface area contributed by atoms with Crippen molar-refractivity contribution in [3.05, 3.63) is 64.7 Å². The molecule has 1 heterocycles. The molecule has 0 saturated heterocycles. The molecular weight excluding hydrogens is 378 g/mol. The molecule has 2 amide bonds. The second kappa shape index (κ2) is 9.46. The first-order valence-electron chi connectivity index (χ1n) is 9.23. The quantitative estimate of drug-likeness (QED) is 0.760. The van der Waals surface area contributed by atoms with Crippen molar-refractivity contribution in [2.75, 3.05) is 20.2 Å². The van der Waals surface area contributed by atoms with Crippen LogP contribution in [0, 0.1) is 0 Å². The average molecular weight is 402 g/mol. The normalized spacial score (nSPS) is 15.5. The summed E-state index contributed by atoms with van der Waals surface area (Å²) in [6, 6.07) is 15.1. The molecule has 2 aromatic carbocycles. The highest BCUT2D eigenvalue weighted by atomic mass is 35.5. The van der Waals surface area contributed by atoms with Crippen molar-refractivity contribution in [1.29, 1.82) is 0 Å². The number of oxime groups is 1. The number of urea groups is 1. The lowest BCUT2D eigenvalue weighted by molar-refractivity contribution is 0.0590. The molecule has 1 atom stereocenters. The molecule has 7 heteroatoms. The Morgan fingerprint density at radius 3 is 2.79 bits per heavy atom. The van der Waals surface area contributed by atoms with E-state index < -0.39 is 0 Å². The van der Waals surface area contributed by atoms with E-state index >= 15 is 0 Å². The van der Waals surface area contributed by atoms with E-state index in [0.29, 0.717) is 31.1 Å². The third-order valence-electron chi connectivity index (χ3n) is 4.46. The molecule has 0 fully saturated rings. The number of rotatable bonds is 7. The molecule has 1 N–H and O–H groups in total. The highest BCUT2D eigenvalue weighted by Crippen LogP contribution is 2.21. The number of ether oxygens (including phenoxy) is 1. The van der Waals surface area contributed by atoms with Gasteiger partial charge in [0.05, 0.1) is 19.4 Å². The van der Waals surface area contributed by atoms with Gasteiger partial charge in [-0.3, -0.25) is 0 Å². The molecule has 0 aliphatic carbocycles. The maximum Gasteiger partial charge on any atom is 0.317 e. The summed E-state index contributed by atoms with van der Waals surface area (Å²) < 4.78 is 5.19. The van der Waals surface area contributed by atoms with E-state index in [-0.39, 0.29) is 12.1 Å². The molecule has 0 radical (unpaired) electrons. The summed E-state index contributed by atoms with van der Waals surface area (Å²) in [5, 5.41) is 7.72. The van der Waals surface area contributed by atoms with E-state index in [4.69, 9.17) is 21.2 Å². The van der Waals surface area contributed by atoms with Crippen LogP contribution in [0.1, 0.15) is 24.5 Å². The van der Waals surface area contributed by atoms with Crippen molar-refractivity contribution in [2.45, 2.75) is 26.0 Å². The zero-order valence-electron chi connectivity index (χ0n) is 16.0. The summed E-state index contributed by atoms with van der Waals surface area (Å²) in [5.41, 5.74) is 2.82. The molecule has 0 aromatic heterocycles. The first-order chi connectivity index (χ1) is 13.6. The van der Waals surface area contributed by atoms with Gasteiger partial charge in [0, 0.05) is 24.5 Å². The number of carbonyl (C=O) groups excluding carboxylic acids is 1. The van der Waals surface area contributed by atoms with Crippen LogP contribution in [0.5, 0.6) is 5.75 Å². The maximum atomic E-state index is 12.5. The van der Waals surface area contributed by atoms with Gasteiger partial charge in [0.25, 0.3) is 0 Å². The Balaban J connectivity index is 1.65. The predicted octanol–water partition coefficient (Wildman–Crippen LogP) is 4.07. The van der Waals surface area contributed by atoms with Crippen LogP contribution in [0.3, 0.4) is 0 Å². The number of hydrogen-bond acceptors (Lipinski definition) is 4. The van der Waals surface area contributed by atoms with Crippen LogP contribution in [-0.4, -0.2) is 42.9 Å². The van der Waals surface area contributed by atoms with E-state index in [1.807, 2.05) is 55.5 Å². The summed E-state index contributed by atoms with van der Waals surface area (Å²) in [7, 11) is 1.64. The fraction of sp³-hybridized carbons (Fsp3) is 0.333. The van der Waals surface area contributed by atoms with Crippen molar-refractivity contribution < 1.29 is 14.4 Å². The summed E-state index contributed by atoms with van der Waals surface area (Å²) in [4.78, 5) is 19.9. The van der Waals surface area contributed by atoms with Crippen molar-refractivity contribution >= 4 is 23.3 Å². The number of halogens is 1. The summed E-state index contributed by atoms with van der Waals surface area (Å²) in [6.07, 6.45) is 0.441. The lowest BCUT2D eigenvalue weighted by Gasteiger charge is -2.25. The Labute approximate surface area is 170 Å². The van der Waals surface area contributed by atoms with E-state index in [2.05, 4.69) is 10.5 Å². The molecule has 0 bridgehead atoms. The molecule has 3 rings (SSSR count). The highest BCUT2D eigenvalue weighted by molar-refractivity contribution is 6.30. The van der Waals surface area contributed by atoms with Crippen LogP contribution in [0.15, 0.2) is 53.7 Å². The Bertz CT molecular complexity index is 839. The van der Waals surface area contributed by atoms with Crippen LogP contribution in [0.4, 0.5) is 4.79 Å². The first-order valence-corrected chi connectivity index (χ1v) is 9.61. The second-order valence-electron chi connectivity index (χ2n) is 6.54. The monoisotopic (exact) mass is 401 g/mol. The van der Waals surface area contributed by atoms with Gasteiger partial charge in [0.2, 0.25) is 0 Å². The van der Waals surface area contributed by atoms with E-state index in [1.165, 1.54) is 0 Å². The topological polar surface area (TPSA) is 63.2 Å². The first kappa shape index (κ1) is 20.0. The van der Waals surface area contributed by atoms with Crippen molar-refractivity contribution in [3.8, 4) is 5.75 Å². The van der Waals surface area contributed by atoms with Gasteiger partial charge in [-0.1, -0.05) is 28.9 Å². The Hall–Kier alpha value is -2.73. The predicted molar refractivity (Wildman–Crippen MR) is 110 cm³/mol. The van der Waals surface area contributed by atoms with E-state index in [9.17, 15) is 4.79 Å². The number of benzene rings is 2. The van der Waals surface area contributed by atoms with Gasteiger partial charge >= 0.3 is 6.03 Å². The Morgan fingerprint density at radius 1 is 1.32 bits per heavy atom. The highest BCUT2D eigenvalue weighted by Gasteiger charge is 2.26. The standard InChI is InChI=1S/C21H24ClN3O3/c1-3-23-21(26)25(13-15-5-4-6-17(22)11-15)14-19-12-20(24-28-19)16-7-9-18(27-2)10-8-16/h4-11,19H,3,12-14H2,1-2H3,(H,23,26)/t19-/m1/s1. The Kier molecular flexibility index (Phi) is 6.76. The fourth-order valence-electron chi connectivity index (χ4n) is 3.06. The van der Waals surface area contributed by atoms with Gasteiger partial charge in [-0.05, 0) is 54.4 Å². The molecule has 1 aliphatic heterocycles. The zero-order chi connectivity index (χ0) is 19.9. The smallest absolute Gasteiger partial charge is 0.317 e. The van der Waals surface area contributed by atoms with Crippen molar-refractivity contribution in [2.24, 2.45) is 5.16 Å². The minimum Gasteiger partial charge on any atom is -0.497 e. The van der Waals surface area contributed by atoms with Gasteiger partial charge in [0.1, 0.15) is 5.75 Å². The van der Waals surface area contributed by atoms with Crippen LogP contribution in [0.2, 0.25) is 5.02 Å². The molecule has 28 heavy (non-hydrogen) atoms. The van der Waals surface area contributed by atoms with Crippen molar-refractivity contribution in [1.82, 2.24) is 10.2 Å². The van der Waals surface area contributed by atoms with E-state index in [1.54, 1.807) is 12.0 Å². The molecule has 148 valence electrons. The molecule has 6 nitrogen and oxygen atoms in total. The Morgan fingerprint density at radius 2 is 2.11 bits per heavy atom. The molecular formula is C21H24ClN3O3. The minimum atomic E-state index is -0.195. The van der Waals surface area contributed by atoms with Gasteiger partial charge in [-0.15, -0.1) is 0 Å². The number of carbonyl (C=O) groups is 1. The summed E-state index contributed by atoms with van der Waals surface area (Å²) in [6.45, 7) is 3.34. The number of methoxy groups -OCH3 is 1. The van der Waals surface area contributed by atoms with Gasteiger partial charge in [-0.2, -0.15) is 0 Å². The average Bonchev–Trinajstić information content (AvgIpc) is 3.16. The van der Waals surface area contributed by atoms with Gasteiger partial charge in [-0.25, -0.2) is 4.79 Å². The molecule has 0 saturated carbocycles. The number of nitrogens with one attached hydrogen (secondary N) is 1. The van der Waals surface area contributed by atoms with Gasteiger partial charge < -0.3 is 19.8 Å². The molecule has 2 aromatic rings. The van der Waals surface area contributed by atoms with Crippen LogP contribution in [0.25, 0.3) is 0 Å². The maximum absolute atomic E-state index is 12.5. The molecule has 0 unspecified atom stereocenters. The fourth-order valence-corrected chi connectivity index (χ4v) is 3.28. The van der Waals surface area contributed by atoms with E-state index in [0.717, 1.165) is 22.6 Å². The number of hydrogen-bond donors (Lipinski definition) is 1. The zero-order valence-corrected chi connectivity index (χ0v) is 16.8. The lowest BCUT2D eigenvalue weighted by atomic mass is 10.0. The van der Waals surface area contributed by atoms with Crippen LogP contribution >= 0.6 is 11.6 Å². The second-order valence-corrected chi connectivity index (χ2v) is 6.98. The number of amides is 2. The molecule has 1 aliphatic rings. The lowest BCUT2D eigenvalue weighted by Crippen LogP contribution is -2.43. The minimum absolute atomic E-state index is 0.135. The SMILES string of the molecule is CCNC(=O)N(Cc1cccc(Cl)c1)C[C@H]1CC(c2ccc(OC)cc2)=NO1. The van der Waals surface area contributed by atoms with Crippen molar-refractivity contribution in [3.63, 3.8) is 0 Å². The number of nitrogens with zero attached hydrogens (tertiary/aromatic N) is 2.